The Balaban J connectivity index is 2.47. The Morgan fingerprint density at radius 3 is 2.38 bits per heavy atom. The van der Waals surface area contributed by atoms with E-state index in [0.29, 0.717) is 6.54 Å². The normalized spacial score (nSPS) is 11.4. The molecule has 6 nitrogen and oxygen atoms in total. The molecule has 7 heteroatoms. The van der Waals surface area contributed by atoms with E-state index in [0.717, 1.165) is 5.56 Å². The van der Waals surface area contributed by atoms with Crippen molar-refractivity contribution in [2.24, 2.45) is 5.14 Å². The molecule has 0 radical (unpaired) electrons. The zero-order chi connectivity index (χ0) is 15.6. The molecule has 0 atom stereocenters. The molecular weight excluding hydrogens is 290 g/mol. The van der Waals surface area contributed by atoms with Gasteiger partial charge in [0.2, 0.25) is 10.0 Å². The van der Waals surface area contributed by atoms with Crippen LogP contribution in [0.3, 0.4) is 0 Å². The van der Waals surface area contributed by atoms with Gasteiger partial charge in [-0.15, -0.1) is 0 Å². The Kier molecular flexibility index (Phi) is 4.15. The van der Waals surface area contributed by atoms with Crippen molar-refractivity contribution in [2.75, 3.05) is 14.1 Å². The molecule has 1 aromatic heterocycles. The predicted molar refractivity (Wildman–Crippen MR) is 79.4 cm³/mol. The summed E-state index contributed by atoms with van der Waals surface area (Å²) in [4.78, 5) is 13.5. The quantitative estimate of drug-likeness (QED) is 0.910. The van der Waals surface area contributed by atoms with Gasteiger partial charge in [-0.05, 0) is 11.6 Å². The van der Waals surface area contributed by atoms with Crippen LogP contribution in [0.15, 0.2) is 47.5 Å². The monoisotopic (exact) mass is 307 g/mol. The lowest BCUT2D eigenvalue weighted by atomic mass is 10.2. The molecule has 0 unspecified atom stereocenters. The van der Waals surface area contributed by atoms with E-state index in [1.807, 2.05) is 30.3 Å². The van der Waals surface area contributed by atoms with Crippen molar-refractivity contribution in [3.8, 4) is 0 Å². The van der Waals surface area contributed by atoms with Crippen LogP contribution < -0.4 is 5.14 Å². The number of nitrogens with two attached hydrogens (primary N) is 1. The Morgan fingerprint density at radius 2 is 1.86 bits per heavy atom. The zero-order valence-corrected chi connectivity index (χ0v) is 12.7. The number of amides is 1. The number of sulfonamides is 1. The zero-order valence-electron chi connectivity index (χ0n) is 11.9. The minimum absolute atomic E-state index is 0.0661. The van der Waals surface area contributed by atoms with Crippen LogP contribution >= 0.6 is 0 Å². The molecule has 112 valence electrons. The summed E-state index contributed by atoms with van der Waals surface area (Å²) in [5.74, 6) is -0.277. The maximum Gasteiger partial charge on any atom is 0.270 e. The fourth-order valence-electron chi connectivity index (χ4n) is 1.96. The van der Waals surface area contributed by atoms with Gasteiger partial charge in [0.25, 0.3) is 5.91 Å². The lowest BCUT2D eigenvalue weighted by Gasteiger charge is -2.13. The van der Waals surface area contributed by atoms with Crippen LogP contribution in [0.2, 0.25) is 0 Å². The van der Waals surface area contributed by atoms with Crippen LogP contribution in [0.4, 0.5) is 0 Å². The minimum atomic E-state index is -3.85. The molecule has 0 aliphatic rings. The molecule has 0 bridgehead atoms. The van der Waals surface area contributed by atoms with Crippen LogP contribution in [0.5, 0.6) is 0 Å². The molecule has 2 aromatic rings. The average Bonchev–Trinajstić information content (AvgIpc) is 2.82. The van der Waals surface area contributed by atoms with Gasteiger partial charge in [0, 0.05) is 26.8 Å². The molecule has 0 saturated heterocycles. The van der Waals surface area contributed by atoms with Crippen molar-refractivity contribution < 1.29 is 13.2 Å². The van der Waals surface area contributed by atoms with Crippen molar-refractivity contribution in [1.29, 1.82) is 0 Å². The molecule has 0 saturated carbocycles. The number of carbonyl (C=O) groups excluding carboxylic acids is 1. The SMILES string of the molecule is CN(C)C(=O)c1cc(S(N)(=O)=O)cn1Cc1ccccc1. The highest BCUT2D eigenvalue weighted by Gasteiger charge is 2.20. The van der Waals surface area contributed by atoms with Gasteiger partial charge in [-0.3, -0.25) is 4.79 Å². The van der Waals surface area contributed by atoms with Crippen LogP contribution in [0.25, 0.3) is 0 Å². The second-order valence-corrected chi connectivity index (χ2v) is 6.48. The van der Waals surface area contributed by atoms with Crippen LogP contribution in [-0.2, 0) is 16.6 Å². The highest BCUT2D eigenvalue weighted by atomic mass is 32.2. The molecular formula is C14H17N3O3S. The molecule has 1 heterocycles. The Morgan fingerprint density at radius 1 is 1.24 bits per heavy atom. The van der Waals surface area contributed by atoms with Crippen LogP contribution in [0, 0.1) is 0 Å². The van der Waals surface area contributed by atoms with E-state index in [1.165, 1.54) is 17.2 Å². The molecule has 0 spiro atoms. The summed E-state index contributed by atoms with van der Waals surface area (Å²) in [5.41, 5.74) is 1.25. The fourth-order valence-corrected chi connectivity index (χ4v) is 2.51. The second kappa shape index (κ2) is 5.71. The molecule has 2 rings (SSSR count). The van der Waals surface area contributed by atoms with Gasteiger partial charge in [-0.2, -0.15) is 0 Å². The van der Waals surface area contributed by atoms with Crippen molar-refractivity contribution in [1.82, 2.24) is 9.47 Å². The third-order valence-corrected chi connectivity index (χ3v) is 3.90. The van der Waals surface area contributed by atoms with Gasteiger partial charge in [-0.25, -0.2) is 13.6 Å². The van der Waals surface area contributed by atoms with Crippen molar-refractivity contribution in [3.63, 3.8) is 0 Å². The van der Waals surface area contributed by atoms with Gasteiger partial charge in [0.05, 0.1) is 0 Å². The first-order valence-electron chi connectivity index (χ1n) is 6.27. The summed E-state index contributed by atoms with van der Waals surface area (Å²) in [6.45, 7) is 0.394. The van der Waals surface area contributed by atoms with Crippen molar-refractivity contribution in [2.45, 2.75) is 11.4 Å². The number of benzene rings is 1. The van der Waals surface area contributed by atoms with E-state index in [1.54, 1.807) is 18.7 Å². The number of rotatable bonds is 4. The van der Waals surface area contributed by atoms with E-state index in [9.17, 15) is 13.2 Å². The van der Waals surface area contributed by atoms with Crippen molar-refractivity contribution >= 4 is 15.9 Å². The number of carbonyl (C=O) groups is 1. The van der Waals surface area contributed by atoms with Crippen molar-refractivity contribution in [3.05, 3.63) is 53.9 Å². The fraction of sp³-hybridized carbons (Fsp3) is 0.214. The topological polar surface area (TPSA) is 85.4 Å². The predicted octanol–water partition coefficient (Wildman–Crippen LogP) is 0.886. The lowest BCUT2D eigenvalue weighted by Crippen LogP contribution is -2.24. The minimum Gasteiger partial charge on any atom is -0.343 e. The molecule has 1 aromatic carbocycles. The Bertz CT molecular complexity index is 749. The van der Waals surface area contributed by atoms with Crippen LogP contribution in [-0.4, -0.2) is 37.9 Å². The summed E-state index contributed by atoms with van der Waals surface area (Å²) >= 11 is 0. The number of aromatic nitrogens is 1. The van der Waals surface area contributed by atoms with E-state index >= 15 is 0 Å². The number of primary sulfonamides is 1. The van der Waals surface area contributed by atoms with Gasteiger partial charge in [0.1, 0.15) is 10.6 Å². The van der Waals surface area contributed by atoms with E-state index in [2.05, 4.69) is 0 Å². The molecule has 2 N–H and O–H groups in total. The maximum absolute atomic E-state index is 12.2. The molecule has 0 fully saturated rings. The molecule has 0 aliphatic heterocycles. The summed E-state index contributed by atoms with van der Waals surface area (Å²) in [7, 11) is -0.628. The first-order valence-corrected chi connectivity index (χ1v) is 7.82. The first-order chi connectivity index (χ1) is 9.79. The van der Waals surface area contributed by atoms with Gasteiger partial charge >= 0.3 is 0 Å². The van der Waals surface area contributed by atoms with Gasteiger partial charge in [-0.1, -0.05) is 30.3 Å². The highest BCUT2D eigenvalue weighted by Crippen LogP contribution is 2.16. The number of nitrogens with zero attached hydrogens (tertiary/aromatic N) is 2. The third kappa shape index (κ3) is 3.50. The maximum atomic E-state index is 12.2. The summed E-state index contributed by atoms with van der Waals surface area (Å²) in [6, 6.07) is 10.8. The largest absolute Gasteiger partial charge is 0.343 e. The van der Waals surface area contributed by atoms with E-state index in [-0.39, 0.29) is 16.5 Å². The standard InChI is InChI=1S/C14H17N3O3S/c1-16(2)14(18)13-8-12(21(15,19)20)10-17(13)9-11-6-4-3-5-7-11/h3-8,10H,9H2,1-2H3,(H2,15,19,20). The van der Waals surface area contributed by atoms with E-state index < -0.39 is 10.0 Å². The first kappa shape index (κ1) is 15.3. The van der Waals surface area contributed by atoms with E-state index in [4.69, 9.17) is 5.14 Å². The number of hydrogen-bond donors (Lipinski definition) is 1. The highest BCUT2D eigenvalue weighted by molar-refractivity contribution is 7.89. The molecule has 21 heavy (non-hydrogen) atoms. The Labute approximate surface area is 123 Å². The lowest BCUT2D eigenvalue weighted by molar-refractivity contribution is 0.0817. The summed E-state index contributed by atoms with van der Waals surface area (Å²) in [5, 5.41) is 5.14. The molecule has 0 aliphatic carbocycles. The third-order valence-electron chi connectivity index (χ3n) is 3.02. The average molecular weight is 307 g/mol. The van der Waals surface area contributed by atoms with Gasteiger partial charge in [0.15, 0.2) is 0 Å². The second-order valence-electron chi connectivity index (χ2n) is 4.92. The number of hydrogen-bond acceptors (Lipinski definition) is 3. The van der Waals surface area contributed by atoms with Crippen LogP contribution in [0.1, 0.15) is 16.1 Å². The Hall–Kier alpha value is -2.12. The summed E-state index contributed by atoms with van der Waals surface area (Å²) < 4.78 is 24.6. The smallest absolute Gasteiger partial charge is 0.270 e. The summed E-state index contributed by atoms with van der Waals surface area (Å²) in [6.07, 6.45) is 1.39. The van der Waals surface area contributed by atoms with Gasteiger partial charge < -0.3 is 9.47 Å². The molecule has 1 amide bonds.